The van der Waals surface area contributed by atoms with E-state index < -0.39 is 12.0 Å². The van der Waals surface area contributed by atoms with Crippen molar-refractivity contribution in [1.82, 2.24) is 15.1 Å². The van der Waals surface area contributed by atoms with Gasteiger partial charge in [-0.15, -0.1) is 0 Å². The fourth-order valence-electron chi connectivity index (χ4n) is 2.40. The van der Waals surface area contributed by atoms with Gasteiger partial charge in [0.1, 0.15) is 6.04 Å². The molecule has 0 fully saturated rings. The van der Waals surface area contributed by atoms with Crippen molar-refractivity contribution in [3.8, 4) is 5.69 Å². The molecular weight excluding hydrogens is 294 g/mol. The van der Waals surface area contributed by atoms with Crippen molar-refractivity contribution in [2.24, 2.45) is 5.92 Å². The van der Waals surface area contributed by atoms with Crippen molar-refractivity contribution in [2.75, 3.05) is 0 Å². The van der Waals surface area contributed by atoms with Crippen molar-refractivity contribution in [3.63, 3.8) is 0 Å². The van der Waals surface area contributed by atoms with E-state index in [9.17, 15) is 14.7 Å². The Morgan fingerprint density at radius 3 is 2.61 bits per heavy atom. The van der Waals surface area contributed by atoms with Gasteiger partial charge in [0.05, 0.1) is 5.69 Å². The van der Waals surface area contributed by atoms with Crippen LogP contribution in [0.25, 0.3) is 5.69 Å². The van der Waals surface area contributed by atoms with Crippen LogP contribution in [0.4, 0.5) is 0 Å². The molecule has 0 aliphatic carbocycles. The summed E-state index contributed by atoms with van der Waals surface area (Å²) in [6, 6.07) is 6.15. The summed E-state index contributed by atoms with van der Waals surface area (Å²) in [4.78, 5) is 23.5. The van der Waals surface area contributed by atoms with Crippen molar-refractivity contribution < 1.29 is 14.7 Å². The molecule has 0 aliphatic rings. The quantitative estimate of drug-likeness (QED) is 0.857. The number of aryl methyl sites for hydroxylation is 1. The molecule has 0 aliphatic heterocycles. The zero-order valence-electron chi connectivity index (χ0n) is 13.5. The van der Waals surface area contributed by atoms with E-state index in [1.54, 1.807) is 29.1 Å². The monoisotopic (exact) mass is 315 g/mol. The van der Waals surface area contributed by atoms with Gasteiger partial charge in [-0.05, 0) is 49.1 Å². The van der Waals surface area contributed by atoms with E-state index in [1.165, 1.54) is 0 Å². The molecule has 1 atom stereocenters. The molecule has 23 heavy (non-hydrogen) atoms. The smallest absolute Gasteiger partial charge is 0.326 e. The van der Waals surface area contributed by atoms with Crippen LogP contribution >= 0.6 is 0 Å². The molecule has 0 saturated carbocycles. The Kier molecular flexibility index (Phi) is 5.16. The van der Waals surface area contributed by atoms with Gasteiger partial charge in [0.2, 0.25) is 0 Å². The highest BCUT2D eigenvalue weighted by Gasteiger charge is 2.22. The largest absolute Gasteiger partial charge is 0.480 e. The molecule has 1 aromatic heterocycles. The van der Waals surface area contributed by atoms with Gasteiger partial charge < -0.3 is 10.4 Å². The van der Waals surface area contributed by atoms with Crippen LogP contribution in [-0.2, 0) is 4.79 Å². The molecule has 1 aromatic carbocycles. The van der Waals surface area contributed by atoms with Gasteiger partial charge in [0.15, 0.2) is 0 Å². The zero-order valence-corrected chi connectivity index (χ0v) is 13.5. The number of hydrogen-bond donors (Lipinski definition) is 2. The molecule has 1 amide bonds. The Bertz CT molecular complexity index is 693. The van der Waals surface area contributed by atoms with E-state index in [2.05, 4.69) is 10.4 Å². The molecule has 122 valence electrons. The molecule has 0 spiro atoms. The Morgan fingerprint density at radius 1 is 1.35 bits per heavy atom. The van der Waals surface area contributed by atoms with Crippen LogP contribution in [0.3, 0.4) is 0 Å². The second-order valence-electron chi connectivity index (χ2n) is 5.95. The molecule has 6 nitrogen and oxygen atoms in total. The minimum Gasteiger partial charge on any atom is -0.480 e. The predicted octanol–water partition coefficient (Wildman–Crippen LogP) is 2.41. The zero-order chi connectivity index (χ0) is 17.0. The first-order chi connectivity index (χ1) is 10.9. The fourth-order valence-corrected chi connectivity index (χ4v) is 2.40. The lowest BCUT2D eigenvalue weighted by molar-refractivity contribution is -0.139. The highest BCUT2D eigenvalue weighted by molar-refractivity contribution is 5.97. The minimum absolute atomic E-state index is 0.181. The number of carboxylic acids is 1. The molecule has 0 bridgehead atoms. The summed E-state index contributed by atoms with van der Waals surface area (Å²) in [6.07, 6.45) is 3.90. The SMILES string of the molecule is Cc1cc(C(=O)N[C@@H](CC(C)C)C(=O)O)ccc1-n1cccn1. The Labute approximate surface area is 135 Å². The maximum atomic E-state index is 12.3. The van der Waals surface area contributed by atoms with Crippen LogP contribution in [-0.4, -0.2) is 32.8 Å². The first-order valence-corrected chi connectivity index (χ1v) is 7.53. The van der Waals surface area contributed by atoms with Crippen LogP contribution in [0.2, 0.25) is 0 Å². The number of rotatable bonds is 6. The molecule has 1 heterocycles. The lowest BCUT2D eigenvalue weighted by atomic mass is 10.0. The van der Waals surface area contributed by atoms with Crippen LogP contribution in [0.1, 0.15) is 36.2 Å². The minimum atomic E-state index is -1.02. The summed E-state index contributed by atoms with van der Waals surface area (Å²) in [6.45, 7) is 5.73. The van der Waals surface area contributed by atoms with Gasteiger partial charge in [-0.1, -0.05) is 13.8 Å². The average molecular weight is 315 g/mol. The number of benzene rings is 1. The predicted molar refractivity (Wildman–Crippen MR) is 86.6 cm³/mol. The number of amides is 1. The Morgan fingerprint density at radius 2 is 2.09 bits per heavy atom. The normalized spacial score (nSPS) is 12.2. The second-order valence-corrected chi connectivity index (χ2v) is 5.95. The highest BCUT2D eigenvalue weighted by atomic mass is 16.4. The molecule has 2 N–H and O–H groups in total. The van der Waals surface area contributed by atoms with E-state index in [-0.39, 0.29) is 11.8 Å². The molecule has 6 heteroatoms. The van der Waals surface area contributed by atoms with Gasteiger partial charge in [-0.25, -0.2) is 9.48 Å². The molecule has 2 aromatic rings. The lowest BCUT2D eigenvalue weighted by Gasteiger charge is -2.17. The Balaban J connectivity index is 2.16. The number of hydrogen-bond acceptors (Lipinski definition) is 3. The number of carbonyl (C=O) groups is 2. The topological polar surface area (TPSA) is 84.2 Å². The molecular formula is C17H21N3O3. The summed E-state index contributed by atoms with van der Waals surface area (Å²) in [7, 11) is 0. The third-order valence-corrected chi connectivity index (χ3v) is 3.52. The van der Waals surface area contributed by atoms with Crippen LogP contribution in [0, 0.1) is 12.8 Å². The number of aromatic nitrogens is 2. The van der Waals surface area contributed by atoms with Gasteiger partial charge in [-0.2, -0.15) is 5.10 Å². The molecule has 0 saturated heterocycles. The van der Waals surface area contributed by atoms with Gasteiger partial charge in [0, 0.05) is 18.0 Å². The second kappa shape index (κ2) is 7.09. The summed E-state index contributed by atoms with van der Waals surface area (Å²) >= 11 is 0. The number of carboxylic acid groups (broad SMARTS) is 1. The maximum Gasteiger partial charge on any atom is 0.326 e. The number of aliphatic carboxylic acids is 1. The number of carbonyl (C=O) groups excluding carboxylic acids is 1. The summed E-state index contributed by atoms with van der Waals surface area (Å²) in [5, 5.41) is 16.0. The van der Waals surface area contributed by atoms with E-state index in [4.69, 9.17) is 0 Å². The van der Waals surface area contributed by atoms with Crippen LogP contribution in [0.15, 0.2) is 36.7 Å². The molecule has 2 rings (SSSR count). The van der Waals surface area contributed by atoms with Gasteiger partial charge in [0.25, 0.3) is 5.91 Å². The molecule has 0 radical (unpaired) electrons. The third-order valence-electron chi connectivity index (χ3n) is 3.52. The lowest BCUT2D eigenvalue weighted by Crippen LogP contribution is -2.41. The number of nitrogens with zero attached hydrogens (tertiary/aromatic N) is 2. The van der Waals surface area contributed by atoms with E-state index in [1.807, 2.05) is 33.0 Å². The first kappa shape index (κ1) is 16.7. The fraction of sp³-hybridized carbons (Fsp3) is 0.353. The van der Waals surface area contributed by atoms with E-state index in [0.717, 1.165) is 11.3 Å². The highest BCUT2D eigenvalue weighted by Crippen LogP contribution is 2.15. The van der Waals surface area contributed by atoms with Crippen molar-refractivity contribution in [3.05, 3.63) is 47.8 Å². The maximum absolute atomic E-state index is 12.3. The Hall–Kier alpha value is -2.63. The summed E-state index contributed by atoms with van der Waals surface area (Å²) in [5.74, 6) is -1.22. The summed E-state index contributed by atoms with van der Waals surface area (Å²) in [5.41, 5.74) is 2.20. The summed E-state index contributed by atoms with van der Waals surface area (Å²) < 4.78 is 1.72. The van der Waals surface area contributed by atoms with Crippen LogP contribution in [0.5, 0.6) is 0 Å². The van der Waals surface area contributed by atoms with Crippen LogP contribution < -0.4 is 5.32 Å². The standard InChI is InChI=1S/C17H21N3O3/c1-11(2)9-14(17(22)23)19-16(21)13-5-6-15(12(3)10-13)20-8-4-7-18-20/h4-8,10-11,14H,9H2,1-3H3,(H,19,21)(H,22,23)/t14-/m0/s1. The van der Waals surface area contributed by atoms with E-state index >= 15 is 0 Å². The first-order valence-electron chi connectivity index (χ1n) is 7.53. The number of nitrogens with one attached hydrogen (secondary N) is 1. The average Bonchev–Trinajstić information content (AvgIpc) is 2.99. The van der Waals surface area contributed by atoms with Crippen molar-refractivity contribution >= 4 is 11.9 Å². The van der Waals surface area contributed by atoms with Gasteiger partial charge in [-0.3, -0.25) is 4.79 Å². The van der Waals surface area contributed by atoms with Gasteiger partial charge >= 0.3 is 5.97 Å². The molecule has 0 unspecified atom stereocenters. The van der Waals surface area contributed by atoms with Crippen molar-refractivity contribution in [1.29, 1.82) is 0 Å². The van der Waals surface area contributed by atoms with Crippen molar-refractivity contribution in [2.45, 2.75) is 33.2 Å². The van der Waals surface area contributed by atoms with E-state index in [0.29, 0.717) is 12.0 Å². The third kappa shape index (κ3) is 4.18.